The molecular formula is C12H24N2O. The van der Waals surface area contributed by atoms with E-state index in [2.05, 4.69) is 24.1 Å². The topological polar surface area (TPSA) is 35.5 Å². The molecule has 15 heavy (non-hydrogen) atoms. The van der Waals surface area contributed by atoms with Crippen LogP contribution < -0.4 is 5.32 Å². The van der Waals surface area contributed by atoms with Crippen molar-refractivity contribution in [2.75, 3.05) is 13.1 Å². The number of aliphatic hydroxyl groups is 1. The number of nitrogens with zero attached hydrogens (tertiary/aromatic N) is 1. The van der Waals surface area contributed by atoms with E-state index in [1.165, 1.54) is 19.3 Å². The summed E-state index contributed by atoms with van der Waals surface area (Å²) in [5, 5.41) is 13.6. The van der Waals surface area contributed by atoms with Gasteiger partial charge in [-0.05, 0) is 26.7 Å². The lowest BCUT2D eigenvalue weighted by Gasteiger charge is -2.44. The van der Waals surface area contributed by atoms with Crippen molar-refractivity contribution in [3.63, 3.8) is 0 Å². The third-order valence-corrected chi connectivity index (χ3v) is 3.75. The Hall–Kier alpha value is -0.120. The molecule has 2 unspecified atom stereocenters. The molecule has 1 saturated heterocycles. The maximum Gasteiger partial charge on any atom is 0.0695 e. The third-order valence-electron chi connectivity index (χ3n) is 3.75. The Balaban J connectivity index is 1.95. The van der Waals surface area contributed by atoms with Gasteiger partial charge in [0, 0.05) is 31.2 Å². The number of aliphatic hydroxyl groups excluding tert-OH is 1. The van der Waals surface area contributed by atoms with Gasteiger partial charge in [0.1, 0.15) is 0 Å². The van der Waals surface area contributed by atoms with Crippen LogP contribution in [-0.4, -0.2) is 47.3 Å². The zero-order chi connectivity index (χ0) is 10.8. The van der Waals surface area contributed by atoms with Gasteiger partial charge in [-0.1, -0.05) is 12.8 Å². The average Bonchev–Trinajstić information content (AvgIpc) is 2.16. The molecule has 2 aliphatic rings. The minimum Gasteiger partial charge on any atom is -0.391 e. The zero-order valence-corrected chi connectivity index (χ0v) is 9.95. The summed E-state index contributed by atoms with van der Waals surface area (Å²) in [6, 6.07) is 1.54. The second-order valence-electron chi connectivity index (χ2n) is 5.34. The van der Waals surface area contributed by atoms with Gasteiger partial charge in [0.05, 0.1) is 6.10 Å². The Labute approximate surface area is 92.8 Å². The summed E-state index contributed by atoms with van der Waals surface area (Å²) in [5.74, 6) is 0. The second kappa shape index (κ2) is 4.81. The van der Waals surface area contributed by atoms with Crippen LogP contribution in [0.3, 0.4) is 0 Å². The smallest absolute Gasteiger partial charge is 0.0695 e. The highest BCUT2D eigenvalue weighted by molar-refractivity contribution is 4.89. The normalized spacial score (nSPS) is 44.2. The van der Waals surface area contributed by atoms with E-state index >= 15 is 0 Å². The Morgan fingerprint density at radius 1 is 1.07 bits per heavy atom. The zero-order valence-electron chi connectivity index (χ0n) is 9.95. The quantitative estimate of drug-likeness (QED) is 0.680. The van der Waals surface area contributed by atoms with Gasteiger partial charge in [-0.25, -0.2) is 0 Å². The first-order valence-electron chi connectivity index (χ1n) is 6.35. The van der Waals surface area contributed by atoms with Crippen molar-refractivity contribution in [2.24, 2.45) is 0 Å². The predicted molar refractivity (Wildman–Crippen MR) is 61.9 cm³/mol. The first kappa shape index (κ1) is 11.4. The Morgan fingerprint density at radius 2 is 1.67 bits per heavy atom. The first-order valence-corrected chi connectivity index (χ1v) is 6.35. The molecule has 0 aromatic heterocycles. The van der Waals surface area contributed by atoms with Gasteiger partial charge >= 0.3 is 0 Å². The first-order chi connectivity index (χ1) is 7.16. The van der Waals surface area contributed by atoms with E-state index < -0.39 is 0 Å². The fraction of sp³-hybridized carbons (Fsp3) is 1.00. The SMILES string of the molecule is CC1CN([C@H]2CCCC[C@@H]2O)CC(C)N1. The predicted octanol–water partition coefficient (Wildman–Crippen LogP) is 0.972. The van der Waals surface area contributed by atoms with Gasteiger partial charge in [0.2, 0.25) is 0 Å². The van der Waals surface area contributed by atoms with Gasteiger partial charge in [0.15, 0.2) is 0 Å². The second-order valence-corrected chi connectivity index (χ2v) is 5.34. The van der Waals surface area contributed by atoms with Crippen LogP contribution in [0.2, 0.25) is 0 Å². The summed E-state index contributed by atoms with van der Waals surface area (Å²) < 4.78 is 0. The van der Waals surface area contributed by atoms with E-state index in [9.17, 15) is 5.11 Å². The van der Waals surface area contributed by atoms with Crippen LogP contribution in [0.25, 0.3) is 0 Å². The van der Waals surface area contributed by atoms with Crippen molar-refractivity contribution in [2.45, 2.75) is 63.8 Å². The van der Waals surface area contributed by atoms with Crippen LogP contribution in [0.5, 0.6) is 0 Å². The number of nitrogens with one attached hydrogen (secondary N) is 1. The molecule has 0 aromatic rings. The monoisotopic (exact) mass is 212 g/mol. The molecule has 3 heteroatoms. The molecule has 2 N–H and O–H groups in total. The van der Waals surface area contributed by atoms with Crippen molar-refractivity contribution in [3.05, 3.63) is 0 Å². The highest BCUT2D eigenvalue weighted by Gasteiger charge is 2.32. The molecule has 88 valence electrons. The summed E-state index contributed by atoms with van der Waals surface area (Å²) in [5.41, 5.74) is 0. The number of hydrogen-bond donors (Lipinski definition) is 2. The van der Waals surface area contributed by atoms with E-state index in [1.54, 1.807) is 0 Å². The largest absolute Gasteiger partial charge is 0.391 e. The highest BCUT2D eigenvalue weighted by Crippen LogP contribution is 2.24. The van der Waals surface area contributed by atoms with Gasteiger partial charge in [0.25, 0.3) is 0 Å². The van der Waals surface area contributed by atoms with Crippen LogP contribution in [0.4, 0.5) is 0 Å². The van der Waals surface area contributed by atoms with Crippen LogP contribution in [0.1, 0.15) is 39.5 Å². The molecule has 0 aromatic carbocycles. The average molecular weight is 212 g/mol. The summed E-state index contributed by atoms with van der Waals surface area (Å²) in [6.07, 6.45) is 4.58. The molecule has 2 fully saturated rings. The number of rotatable bonds is 1. The highest BCUT2D eigenvalue weighted by atomic mass is 16.3. The Morgan fingerprint density at radius 3 is 2.27 bits per heavy atom. The van der Waals surface area contributed by atoms with E-state index in [0.717, 1.165) is 19.5 Å². The molecule has 1 aliphatic heterocycles. The third kappa shape index (κ3) is 2.71. The minimum atomic E-state index is -0.0868. The standard InChI is InChI=1S/C12H24N2O/c1-9-7-14(8-10(2)13-9)11-5-3-4-6-12(11)15/h9-13,15H,3-8H2,1-2H3/t9?,10?,11-,12-/m0/s1. The molecule has 0 spiro atoms. The van der Waals surface area contributed by atoms with Gasteiger partial charge in [-0.3, -0.25) is 4.90 Å². The summed E-state index contributed by atoms with van der Waals surface area (Å²) in [6.45, 7) is 6.65. The van der Waals surface area contributed by atoms with Crippen molar-refractivity contribution >= 4 is 0 Å². The van der Waals surface area contributed by atoms with E-state index in [-0.39, 0.29) is 6.10 Å². The maximum atomic E-state index is 10.0. The van der Waals surface area contributed by atoms with E-state index in [0.29, 0.717) is 18.1 Å². The van der Waals surface area contributed by atoms with Crippen LogP contribution in [0.15, 0.2) is 0 Å². The van der Waals surface area contributed by atoms with E-state index in [4.69, 9.17) is 0 Å². The lowest BCUT2D eigenvalue weighted by atomic mass is 9.90. The van der Waals surface area contributed by atoms with Gasteiger partial charge in [-0.2, -0.15) is 0 Å². The molecule has 2 rings (SSSR count). The fourth-order valence-electron chi connectivity index (χ4n) is 3.16. The van der Waals surface area contributed by atoms with E-state index in [1.807, 2.05) is 0 Å². The number of hydrogen-bond acceptors (Lipinski definition) is 3. The van der Waals surface area contributed by atoms with Gasteiger partial charge in [-0.15, -0.1) is 0 Å². The molecule has 1 saturated carbocycles. The van der Waals surface area contributed by atoms with Crippen molar-refractivity contribution in [3.8, 4) is 0 Å². The lowest BCUT2D eigenvalue weighted by molar-refractivity contribution is 0.000864. The molecule has 3 nitrogen and oxygen atoms in total. The molecule has 1 heterocycles. The summed E-state index contributed by atoms with van der Waals surface area (Å²) in [7, 11) is 0. The Bertz CT molecular complexity index is 200. The molecule has 4 atom stereocenters. The maximum absolute atomic E-state index is 10.0. The fourth-order valence-corrected chi connectivity index (χ4v) is 3.16. The summed E-state index contributed by atoms with van der Waals surface area (Å²) >= 11 is 0. The Kier molecular flexibility index (Phi) is 3.65. The van der Waals surface area contributed by atoms with Crippen molar-refractivity contribution in [1.29, 1.82) is 0 Å². The number of piperazine rings is 1. The van der Waals surface area contributed by atoms with Crippen LogP contribution >= 0.6 is 0 Å². The molecule has 0 radical (unpaired) electrons. The molecule has 1 aliphatic carbocycles. The molecule has 0 bridgehead atoms. The molecule has 0 amide bonds. The lowest BCUT2D eigenvalue weighted by Crippen LogP contribution is -2.59. The van der Waals surface area contributed by atoms with Gasteiger partial charge < -0.3 is 10.4 Å². The van der Waals surface area contributed by atoms with Crippen molar-refractivity contribution < 1.29 is 5.11 Å². The van der Waals surface area contributed by atoms with Crippen molar-refractivity contribution in [1.82, 2.24) is 10.2 Å². The van der Waals surface area contributed by atoms with Crippen LogP contribution in [0, 0.1) is 0 Å². The van der Waals surface area contributed by atoms with Crippen LogP contribution in [-0.2, 0) is 0 Å². The summed E-state index contributed by atoms with van der Waals surface area (Å²) in [4.78, 5) is 2.50. The minimum absolute atomic E-state index is 0.0868. The molecular weight excluding hydrogens is 188 g/mol.